The summed E-state index contributed by atoms with van der Waals surface area (Å²) < 4.78 is 2.34. The Morgan fingerprint density at radius 1 is 1.38 bits per heavy atom. The summed E-state index contributed by atoms with van der Waals surface area (Å²) >= 11 is 6.39. The number of aromatic nitrogens is 3. The Morgan fingerprint density at radius 3 is 2.81 bits per heavy atom. The summed E-state index contributed by atoms with van der Waals surface area (Å²) in [4.78, 5) is 16.1. The van der Waals surface area contributed by atoms with Gasteiger partial charge < -0.3 is 0 Å². The summed E-state index contributed by atoms with van der Waals surface area (Å²) in [5.74, 6) is 0.565. The monoisotopic (exact) mass is 343 g/mol. The zero-order chi connectivity index (χ0) is 11.3. The summed E-state index contributed by atoms with van der Waals surface area (Å²) in [7, 11) is 0. The molecule has 0 atom stereocenters. The van der Waals surface area contributed by atoms with Gasteiger partial charge in [0.2, 0.25) is 5.43 Å². The Hall–Kier alpha value is -0.750. The molecule has 0 bridgehead atoms. The smallest absolute Gasteiger partial charge is 0.231 e. The third-order valence-corrected chi connectivity index (χ3v) is 3.85. The quantitative estimate of drug-likeness (QED) is 0.798. The first-order valence-corrected chi connectivity index (χ1v) is 6.50. The topological polar surface area (TPSA) is 47.3 Å². The van der Waals surface area contributed by atoms with Crippen LogP contribution in [0, 0.1) is 0 Å². The maximum atomic E-state index is 11.7. The first-order chi connectivity index (χ1) is 7.66. The lowest BCUT2D eigenvalue weighted by molar-refractivity contribution is 0.852. The zero-order valence-corrected chi connectivity index (χ0v) is 11.3. The van der Waals surface area contributed by atoms with Crippen molar-refractivity contribution in [3.63, 3.8) is 0 Å². The molecule has 6 heteroatoms. The molecule has 0 N–H and O–H groups in total. The minimum Gasteiger partial charge on any atom is -0.285 e. The summed E-state index contributed by atoms with van der Waals surface area (Å²) in [5.41, 5.74) is 1.46. The highest BCUT2D eigenvalue weighted by Gasteiger charge is 2.25. The average molecular weight is 345 g/mol. The van der Waals surface area contributed by atoms with Crippen molar-refractivity contribution in [2.45, 2.75) is 18.8 Å². The lowest BCUT2D eigenvalue weighted by Gasteiger charge is -2.04. The molecule has 0 radical (unpaired) electrons. The second-order valence-corrected chi connectivity index (χ2v) is 5.37. The maximum Gasteiger partial charge on any atom is 0.231 e. The van der Waals surface area contributed by atoms with Crippen LogP contribution >= 0.6 is 31.9 Å². The fourth-order valence-corrected chi connectivity index (χ4v) is 2.69. The first kappa shape index (κ1) is 10.4. The van der Waals surface area contributed by atoms with Crippen molar-refractivity contribution >= 4 is 37.5 Å². The van der Waals surface area contributed by atoms with Crippen molar-refractivity contribution in [2.75, 3.05) is 0 Å². The lowest BCUT2D eigenvalue weighted by Crippen LogP contribution is -2.12. The molecular weight excluding hydrogens is 338 g/mol. The molecule has 0 saturated heterocycles. The van der Waals surface area contributed by atoms with Gasteiger partial charge in [0.15, 0.2) is 10.3 Å². The van der Waals surface area contributed by atoms with Crippen LogP contribution in [-0.4, -0.2) is 14.6 Å². The van der Waals surface area contributed by atoms with Crippen LogP contribution in [0.5, 0.6) is 0 Å². The Morgan fingerprint density at radius 2 is 2.12 bits per heavy atom. The molecule has 1 aliphatic carbocycles. The van der Waals surface area contributed by atoms with E-state index in [4.69, 9.17) is 0 Å². The van der Waals surface area contributed by atoms with Crippen LogP contribution in [0.3, 0.4) is 0 Å². The predicted octanol–water partition coefficient (Wildman–Crippen LogP) is 2.49. The Labute approximate surface area is 108 Å². The van der Waals surface area contributed by atoms with Crippen molar-refractivity contribution in [2.24, 2.45) is 0 Å². The standard InChI is InChI=1S/C10H7Br2N3O/c11-7-8(16)9(12)14-15-4-3-6(5-1-2-5)13-10(7)15/h3-5H,1-2H2. The van der Waals surface area contributed by atoms with E-state index in [-0.39, 0.29) is 10.0 Å². The van der Waals surface area contributed by atoms with Crippen molar-refractivity contribution in [3.05, 3.63) is 37.3 Å². The van der Waals surface area contributed by atoms with Gasteiger partial charge in [-0.3, -0.25) is 4.79 Å². The molecule has 0 amide bonds. The first-order valence-electron chi connectivity index (χ1n) is 4.91. The van der Waals surface area contributed by atoms with E-state index in [1.54, 1.807) is 4.52 Å². The van der Waals surface area contributed by atoms with Crippen LogP contribution in [0.1, 0.15) is 24.5 Å². The van der Waals surface area contributed by atoms with Crippen LogP contribution in [0.4, 0.5) is 0 Å². The fraction of sp³-hybridized carbons (Fsp3) is 0.300. The molecule has 3 rings (SSSR count). The molecule has 82 valence electrons. The Balaban J connectivity index is 2.33. The molecule has 0 aromatic carbocycles. The Bertz CT molecular complexity index is 634. The minimum absolute atomic E-state index is 0.166. The lowest BCUT2D eigenvalue weighted by atomic mass is 10.3. The van der Waals surface area contributed by atoms with Gasteiger partial charge in [0, 0.05) is 17.8 Å². The SMILES string of the molecule is O=c1c(Br)nn2ccc(C3CC3)nc2c1Br. The van der Waals surface area contributed by atoms with E-state index in [0.29, 0.717) is 16.0 Å². The van der Waals surface area contributed by atoms with Gasteiger partial charge in [-0.05, 0) is 50.8 Å². The van der Waals surface area contributed by atoms with E-state index in [1.807, 2.05) is 12.3 Å². The van der Waals surface area contributed by atoms with Crippen LogP contribution in [-0.2, 0) is 0 Å². The van der Waals surface area contributed by atoms with E-state index >= 15 is 0 Å². The summed E-state index contributed by atoms with van der Waals surface area (Å²) in [6.45, 7) is 0. The molecule has 4 nitrogen and oxygen atoms in total. The molecule has 2 aromatic heterocycles. The van der Waals surface area contributed by atoms with Gasteiger partial charge in [-0.1, -0.05) is 0 Å². The average Bonchev–Trinajstić information content (AvgIpc) is 3.10. The minimum atomic E-state index is -0.166. The van der Waals surface area contributed by atoms with Crippen LogP contribution < -0.4 is 5.43 Å². The molecule has 16 heavy (non-hydrogen) atoms. The highest BCUT2D eigenvalue weighted by molar-refractivity contribution is 9.11. The summed E-state index contributed by atoms with van der Waals surface area (Å²) in [6.07, 6.45) is 4.22. The molecule has 0 unspecified atom stereocenters. The molecule has 1 fully saturated rings. The van der Waals surface area contributed by atoms with Crippen LogP contribution in [0.15, 0.2) is 26.1 Å². The van der Waals surface area contributed by atoms with Gasteiger partial charge in [0.05, 0.1) is 0 Å². The normalized spacial score (nSPS) is 15.6. The zero-order valence-electron chi connectivity index (χ0n) is 8.15. The highest BCUT2D eigenvalue weighted by atomic mass is 79.9. The van der Waals surface area contributed by atoms with Gasteiger partial charge >= 0.3 is 0 Å². The van der Waals surface area contributed by atoms with Crippen molar-refractivity contribution in [1.82, 2.24) is 14.6 Å². The molecule has 2 aromatic rings. The number of hydrogen-bond donors (Lipinski definition) is 0. The van der Waals surface area contributed by atoms with Gasteiger partial charge in [0.25, 0.3) is 0 Å². The van der Waals surface area contributed by atoms with E-state index in [1.165, 1.54) is 12.8 Å². The van der Waals surface area contributed by atoms with Crippen molar-refractivity contribution in [3.8, 4) is 0 Å². The predicted molar refractivity (Wildman–Crippen MR) is 66.6 cm³/mol. The number of rotatable bonds is 1. The van der Waals surface area contributed by atoms with Crippen molar-refractivity contribution < 1.29 is 0 Å². The molecule has 2 heterocycles. The van der Waals surface area contributed by atoms with E-state index in [0.717, 1.165) is 5.69 Å². The molecule has 1 saturated carbocycles. The third kappa shape index (κ3) is 1.60. The summed E-state index contributed by atoms with van der Waals surface area (Å²) in [6, 6.07) is 1.96. The van der Waals surface area contributed by atoms with E-state index < -0.39 is 0 Å². The van der Waals surface area contributed by atoms with Gasteiger partial charge in [0.1, 0.15) is 4.47 Å². The van der Waals surface area contributed by atoms with Gasteiger partial charge in [-0.15, -0.1) is 0 Å². The van der Waals surface area contributed by atoms with Crippen molar-refractivity contribution in [1.29, 1.82) is 0 Å². The number of fused-ring (bicyclic) bond motifs is 1. The Kier molecular flexibility index (Phi) is 2.36. The molecular formula is C10H7Br2N3O. The summed E-state index contributed by atoms with van der Waals surface area (Å²) in [5, 5.41) is 4.09. The van der Waals surface area contributed by atoms with Gasteiger partial charge in [-0.2, -0.15) is 5.10 Å². The van der Waals surface area contributed by atoms with E-state index in [9.17, 15) is 4.79 Å². The largest absolute Gasteiger partial charge is 0.285 e. The number of hydrogen-bond acceptors (Lipinski definition) is 3. The second-order valence-electron chi connectivity index (χ2n) is 3.83. The van der Waals surface area contributed by atoms with Crippen LogP contribution in [0.25, 0.3) is 5.65 Å². The van der Waals surface area contributed by atoms with Gasteiger partial charge in [-0.25, -0.2) is 9.50 Å². The second kappa shape index (κ2) is 3.63. The molecule has 0 aliphatic heterocycles. The number of halogens is 2. The number of nitrogens with zero attached hydrogens (tertiary/aromatic N) is 3. The molecule has 1 aliphatic rings. The van der Waals surface area contributed by atoms with E-state index in [2.05, 4.69) is 41.9 Å². The highest BCUT2D eigenvalue weighted by Crippen LogP contribution is 2.39. The fourth-order valence-electron chi connectivity index (χ4n) is 1.60. The maximum absolute atomic E-state index is 11.7. The molecule has 0 spiro atoms. The van der Waals surface area contributed by atoms with Crippen LogP contribution in [0.2, 0.25) is 0 Å². The third-order valence-electron chi connectivity index (χ3n) is 2.61.